The van der Waals surface area contributed by atoms with Crippen LogP contribution in [0.15, 0.2) is 24.3 Å². The van der Waals surface area contributed by atoms with Crippen molar-refractivity contribution >= 4 is 11.7 Å². The van der Waals surface area contributed by atoms with Gasteiger partial charge < -0.3 is 20.5 Å². The summed E-state index contributed by atoms with van der Waals surface area (Å²) in [5.41, 5.74) is 0.150. The fourth-order valence-electron chi connectivity index (χ4n) is 1.42. The summed E-state index contributed by atoms with van der Waals surface area (Å²) in [6, 6.07) is 5.12. The molecule has 0 bridgehead atoms. The minimum atomic E-state index is -2.96. The molecule has 3 N–H and O–H groups in total. The zero-order valence-electron chi connectivity index (χ0n) is 10.4. The smallest absolute Gasteiger partial charge is 0.387 e. The normalized spacial score (nSPS) is 12.1. The largest absolute Gasteiger partial charge is 0.433 e. The molecule has 0 aliphatic rings. The van der Waals surface area contributed by atoms with Crippen molar-refractivity contribution in [3.63, 3.8) is 0 Å². The topological polar surface area (TPSA) is 70.6 Å². The van der Waals surface area contributed by atoms with Crippen LogP contribution in [0, 0.1) is 0 Å². The molecule has 1 aromatic carbocycles. The summed E-state index contributed by atoms with van der Waals surface area (Å²) >= 11 is 0. The molecule has 1 rings (SSSR count). The average Bonchev–Trinajstić information content (AvgIpc) is 2.31. The number of hydrogen-bond donors (Lipinski definition) is 3. The van der Waals surface area contributed by atoms with E-state index in [-0.39, 0.29) is 24.1 Å². The molecule has 0 aromatic heterocycles. The Morgan fingerprint density at radius 3 is 2.74 bits per heavy atom. The number of rotatable bonds is 6. The number of urea groups is 1. The van der Waals surface area contributed by atoms with Crippen molar-refractivity contribution in [3.8, 4) is 5.75 Å². The number of nitrogens with one attached hydrogen (secondary N) is 2. The molecule has 19 heavy (non-hydrogen) atoms. The van der Waals surface area contributed by atoms with Crippen LogP contribution < -0.4 is 15.4 Å². The van der Waals surface area contributed by atoms with Crippen LogP contribution in [-0.2, 0) is 0 Å². The quantitative estimate of drug-likeness (QED) is 0.744. The van der Waals surface area contributed by atoms with Crippen LogP contribution in [-0.4, -0.2) is 30.4 Å². The van der Waals surface area contributed by atoms with Crippen molar-refractivity contribution in [2.75, 3.05) is 11.9 Å². The number of halogens is 2. The van der Waals surface area contributed by atoms with Crippen LogP contribution in [0.25, 0.3) is 0 Å². The maximum absolute atomic E-state index is 12.2. The van der Waals surface area contributed by atoms with Gasteiger partial charge in [0.05, 0.1) is 5.69 Å². The first-order valence-corrected chi connectivity index (χ1v) is 5.75. The van der Waals surface area contributed by atoms with Gasteiger partial charge in [0, 0.05) is 12.6 Å². The van der Waals surface area contributed by atoms with E-state index in [1.807, 2.05) is 0 Å². The molecule has 0 aliphatic carbocycles. The van der Waals surface area contributed by atoms with Crippen LogP contribution in [0.3, 0.4) is 0 Å². The molecule has 0 fully saturated rings. The number of amides is 2. The molecule has 0 saturated carbocycles. The van der Waals surface area contributed by atoms with Gasteiger partial charge in [0.15, 0.2) is 0 Å². The highest BCUT2D eigenvalue weighted by Crippen LogP contribution is 2.25. The van der Waals surface area contributed by atoms with Crippen molar-refractivity contribution < 1.29 is 23.4 Å². The van der Waals surface area contributed by atoms with E-state index in [2.05, 4.69) is 15.4 Å². The number of aliphatic hydroxyl groups excluding tert-OH is 1. The third-order valence-electron chi connectivity index (χ3n) is 2.29. The predicted octanol–water partition coefficient (Wildman–Crippen LogP) is 2.18. The van der Waals surface area contributed by atoms with Crippen LogP contribution in [0.1, 0.15) is 13.3 Å². The third-order valence-corrected chi connectivity index (χ3v) is 2.29. The fourth-order valence-corrected chi connectivity index (χ4v) is 1.42. The predicted molar refractivity (Wildman–Crippen MR) is 66.4 cm³/mol. The van der Waals surface area contributed by atoms with E-state index in [0.29, 0.717) is 6.42 Å². The van der Waals surface area contributed by atoms with E-state index in [9.17, 15) is 13.6 Å². The number of ether oxygens (including phenoxy) is 1. The van der Waals surface area contributed by atoms with Gasteiger partial charge in [-0.1, -0.05) is 12.1 Å². The highest BCUT2D eigenvalue weighted by molar-refractivity contribution is 5.91. The Hall–Kier alpha value is -1.89. The molecule has 0 saturated heterocycles. The summed E-state index contributed by atoms with van der Waals surface area (Å²) in [7, 11) is 0. The molecule has 106 valence electrons. The number of alkyl halides is 2. The Bertz CT molecular complexity index is 416. The summed E-state index contributed by atoms with van der Waals surface area (Å²) in [5, 5.41) is 13.7. The molecule has 0 heterocycles. The van der Waals surface area contributed by atoms with Crippen molar-refractivity contribution in [2.45, 2.75) is 26.0 Å². The van der Waals surface area contributed by atoms with Crippen LogP contribution >= 0.6 is 0 Å². The van der Waals surface area contributed by atoms with E-state index in [1.54, 1.807) is 13.0 Å². The van der Waals surface area contributed by atoms with Gasteiger partial charge in [-0.3, -0.25) is 0 Å². The maximum atomic E-state index is 12.2. The molecule has 0 spiro atoms. The second-order valence-corrected chi connectivity index (χ2v) is 3.89. The number of hydrogen-bond acceptors (Lipinski definition) is 3. The molecule has 1 aromatic rings. The number of carbonyl (C=O) groups is 1. The molecular formula is C12H16F2N2O3. The lowest BCUT2D eigenvalue weighted by Gasteiger charge is -2.15. The number of aliphatic hydroxyl groups is 1. The van der Waals surface area contributed by atoms with Gasteiger partial charge in [-0.2, -0.15) is 8.78 Å². The summed E-state index contributed by atoms with van der Waals surface area (Å²) in [6.07, 6.45) is 0.405. The highest BCUT2D eigenvalue weighted by Gasteiger charge is 2.12. The number of benzene rings is 1. The lowest BCUT2D eigenvalue weighted by atomic mass is 10.2. The second kappa shape index (κ2) is 7.52. The minimum absolute atomic E-state index is 0.0491. The maximum Gasteiger partial charge on any atom is 0.387 e. The number of carbonyl (C=O) groups excluding carboxylic acids is 1. The van der Waals surface area contributed by atoms with Gasteiger partial charge in [0.1, 0.15) is 5.75 Å². The summed E-state index contributed by atoms with van der Waals surface area (Å²) < 4.78 is 28.6. The molecular weight excluding hydrogens is 258 g/mol. The number of para-hydroxylation sites is 2. The first-order chi connectivity index (χ1) is 9.02. The minimum Gasteiger partial charge on any atom is -0.433 e. The van der Waals surface area contributed by atoms with Crippen LogP contribution in [0.4, 0.5) is 19.3 Å². The Balaban J connectivity index is 2.63. The van der Waals surface area contributed by atoms with E-state index < -0.39 is 12.6 Å². The Morgan fingerprint density at radius 2 is 2.11 bits per heavy atom. The molecule has 0 aliphatic heterocycles. The average molecular weight is 274 g/mol. The van der Waals surface area contributed by atoms with Crippen molar-refractivity contribution in [2.24, 2.45) is 0 Å². The fraction of sp³-hybridized carbons (Fsp3) is 0.417. The van der Waals surface area contributed by atoms with Crippen molar-refractivity contribution in [1.29, 1.82) is 0 Å². The van der Waals surface area contributed by atoms with Gasteiger partial charge in [-0.05, 0) is 25.5 Å². The standard InChI is InChI=1S/C12H16F2N2O3/c1-8(6-7-17)15-12(18)16-9-4-2-3-5-10(9)19-11(13)14/h2-5,8,11,17H,6-7H2,1H3,(H2,15,16,18)/t8-/m1/s1. The van der Waals surface area contributed by atoms with Crippen LogP contribution in [0.5, 0.6) is 5.75 Å². The molecule has 0 unspecified atom stereocenters. The van der Waals surface area contributed by atoms with E-state index in [1.165, 1.54) is 18.2 Å². The van der Waals surface area contributed by atoms with E-state index >= 15 is 0 Å². The van der Waals surface area contributed by atoms with Gasteiger partial charge >= 0.3 is 12.6 Å². The van der Waals surface area contributed by atoms with Crippen molar-refractivity contribution in [1.82, 2.24) is 5.32 Å². The van der Waals surface area contributed by atoms with E-state index in [0.717, 1.165) is 0 Å². The van der Waals surface area contributed by atoms with Crippen molar-refractivity contribution in [3.05, 3.63) is 24.3 Å². The molecule has 2 amide bonds. The lowest BCUT2D eigenvalue weighted by molar-refractivity contribution is -0.0493. The molecule has 1 atom stereocenters. The highest BCUT2D eigenvalue weighted by atomic mass is 19.3. The Kier molecular flexibility index (Phi) is 6.01. The first kappa shape index (κ1) is 15.2. The van der Waals surface area contributed by atoms with Crippen LogP contribution in [0.2, 0.25) is 0 Å². The molecule has 5 nitrogen and oxygen atoms in total. The Labute approximate surface area is 109 Å². The van der Waals surface area contributed by atoms with E-state index in [4.69, 9.17) is 5.11 Å². The summed E-state index contributed by atoms with van der Waals surface area (Å²) in [5.74, 6) is -0.109. The molecule has 0 radical (unpaired) electrons. The summed E-state index contributed by atoms with van der Waals surface area (Å²) in [4.78, 5) is 11.6. The SMILES string of the molecule is C[C@H](CCO)NC(=O)Nc1ccccc1OC(F)F. The zero-order valence-corrected chi connectivity index (χ0v) is 10.4. The van der Waals surface area contributed by atoms with Gasteiger partial charge in [0.25, 0.3) is 0 Å². The lowest BCUT2D eigenvalue weighted by Crippen LogP contribution is -2.36. The van der Waals surface area contributed by atoms with Gasteiger partial charge in [0.2, 0.25) is 0 Å². The number of anilines is 1. The first-order valence-electron chi connectivity index (χ1n) is 5.75. The van der Waals surface area contributed by atoms with Gasteiger partial charge in [-0.15, -0.1) is 0 Å². The monoisotopic (exact) mass is 274 g/mol. The second-order valence-electron chi connectivity index (χ2n) is 3.89. The Morgan fingerprint density at radius 1 is 1.42 bits per heavy atom. The third kappa shape index (κ3) is 5.52. The molecule has 7 heteroatoms. The zero-order chi connectivity index (χ0) is 14.3. The summed E-state index contributed by atoms with van der Waals surface area (Å²) in [6.45, 7) is -1.29. The van der Waals surface area contributed by atoms with Gasteiger partial charge in [-0.25, -0.2) is 4.79 Å².